The van der Waals surface area contributed by atoms with Crippen LogP contribution in [0.15, 0.2) is 27.9 Å². The van der Waals surface area contributed by atoms with Crippen LogP contribution in [0, 0.1) is 6.92 Å². The van der Waals surface area contributed by atoms with Gasteiger partial charge in [-0.15, -0.1) is 0 Å². The molecular formula is C16H21Cl3N3O8P. The summed E-state index contributed by atoms with van der Waals surface area (Å²) in [5, 5.41) is 2.39. The number of nitrogens with zero attached hydrogens (tertiary/aromatic N) is 1. The lowest BCUT2D eigenvalue weighted by atomic mass is 10.3. The number of carbonyl (C=O) groups excluding carboxylic acids is 1. The third kappa shape index (κ3) is 7.73. The number of hydrogen-bond donors (Lipinski definition) is 2. The van der Waals surface area contributed by atoms with E-state index in [1.807, 2.05) is 0 Å². The van der Waals surface area contributed by atoms with Crippen molar-refractivity contribution in [3.63, 3.8) is 0 Å². The first kappa shape index (κ1) is 26.1. The summed E-state index contributed by atoms with van der Waals surface area (Å²) < 4.78 is 33.0. The minimum absolute atomic E-state index is 0.290. The van der Waals surface area contributed by atoms with Gasteiger partial charge in [0.25, 0.3) is 5.56 Å². The van der Waals surface area contributed by atoms with E-state index in [-0.39, 0.29) is 6.61 Å². The molecule has 2 unspecified atom stereocenters. The number of aromatic nitrogens is 2. The summed E-state index contributed by atoms with van der Waals surface area (Å²) in [5.41, 5.74) is -0.833. The minimum atomic E-state index is -4.14. The Morgan fingerprint density at radius 3 is 2.65 bits per heavy atom. The molecule has 2 heterocycles. The van der Waals surface area contributed by atoms with Crippen LogP contribution in [0.2, 0.25) is 0 Å². The maximum absolute atomic E-state index is 13.0. The number of carbonyl (C=O) groups is 1. The predicted octanol–water partition coefficient (Wildman–Crippen LogP) is 1.96. The van der Waals surface area contributed by atoms with E-state index >= 15 is 0 Å². The number of esters is 1. The summed E-state index contributed by atoms with van der Waals surface area (Å²) in [7, 11) is -2.98. The zero-order valence-corrected chi connectivity index (χ0v) is 19.8. The fourth-order valence-electron chi connectivity index (χ4n) is 2.43. The van der Waals surface area contributed by atoms with Crippen molar-refractivity contribution in [1.29, 1.82) is 0 Å². The van der Waals surface area contributed by atoms with Crippen LogP contribution in [-0.2, 0) is 27.9 Å². The van der Waals surface area contributed by atoms with Crippen molar-refractivity contribution >= 4 is 48.5 Å². The average Bonchev–Trinajstić information content (AvgIpc) is 3.15. The summed E-state index contributed by atoms with van der Waals surface area (Å²) in [5.74, 6) is -0.716. The molecule has 1 aromatic heterocycles. The predicted molar refractivity (Wildman–Crippen MR) is 114 cm³/mol. The highest BCUT2D eigenvalue weighted by Gasteiger charge is 2.35. The molecule has 4 atom stereocenters. The molecule has 0 saturated carbocycles. The van der Waals surface area contributed by atoms with Crippen LogP contribution in [0.5, 0.6) is 0 Å². The molecule has 0 saturated heterocycles. The van der Waals surface area contributed by atoms with Gasteiger partial charge in [-0.3, -0.25) is 28.2 Å². The topological polar surface area (TPSA) is 138 Å². The van der Waals surface area contributed by atoms with Gasteiger partial charge < -0.3 is 9.47 Å². The number of alkyl halides is 3. The molecular weight excluding hydrogens is 500 g/mol. The van der Waals surface area contributed by atoms with Gasteiger partial charge in [0.2, 0.25) is 3.79 Å². The van der Waals surface area contributed by atoms with Gasteiger partial charge in [-0.25, -0.2) is 14.4 Å². The van der Waals surface area contributed by atoms with Gasteiger partial charge in [0.15, 0.2) is 6.23 Å². The van der Waals surface area contributed by atoms with Crippen molar-refractivity contribution in [1.82, 2.24) is 14.6 Å². The summed E-state index contributed by atoms with van der Waals surface area (Å²) in [6.07, 6.45) is 2.93. The minimum Gasteiger partial charge on any atom is -0.468 e. The Balaban J connectivity index is 2.06. The summed E-state index contributed by atoms with van der Waals surface area (Å²) in [6, 6.07) is -1.05. The standard InChI is InChI=1S/C16H21Cl3N3O8P/c1-9-6-22(15(25)20-13(9)23)12-5-4-11(30-12)7-28-31(26,29-8-16(17,18)19)21-10(2)14(24)27-3/h4-6,10-12H,7-8H2,1-3H3,(H,21,26)(H,20,23,25)/t10?,11-,12+,31?/m0/s1. The Morgan fingerprint density at radius 1 is 1.35 bits per heavy atom. The van der Waals surface area contributed by atoms with E-state index in [0.717, 1.165) is 7.11 Å². The number of halogens is 3. The van der Waals surface area contributed by atoms with E-state index in [2.05, 4.69) is 14.8 Å². The molecule has 1 aliphatic heterocycles. The highest BCUT2D eigenvalue weighted by molar-refractivity contribution is 7.51. The molecule has 0 amide bonds. The number of H-pyrrole nitrogens is 1. The zero-order valence-electron chi connectivity index (χ0n) is 16.7. The third-order valence-corrected chi connectivity index (χ3v) is 5.93. The van der Waals surface area contributed by atoms with E-state index in [4.69, 9.17) is 48.6 Å². The average molecular weight is 521 g/mol. The Bertz CT molecular complexity index is 990. The molecule has 1 aromatic rings. The van der Waals surface area contributed by atoms with Crippen LogP contribution >= 0.6 is 42.5 Å². The quantitative estimate of drug-likeness (QED) is 0.216. The Kier molecular flexibility index (Phi) is 8.95. The second-order valence-electron chi connectivity index (χ2n) is 6.48. The van der Waals surface area contributed by atoms with E-state index in [0.29, 0.717) is 5.56 Å². The van der Waals surface area contributed by atoms with Gasteiger partial charge >= 0.3 is 19.4 Å². The lowest BCUT2D eigenvalue weighted by molar-refractivity contribution is -0.142. The molecule has 11 nitrogen and oxygen atoms in total. The van der Waals surface area contributed by atoms with Gasteiger partial charge in [0.05, 0.1) is 13.7 Å². The van der Waals surface area contributed by atoms with Crippen LogP contribution in [0.1, 0.15) is 18.7 Å². The van der Waals surface area contributed by atoms with E-state index in [1.165, 1.54) is 17.7 Å². The SMILES string of the molecule is COC(=O)C(C)NP(=O)(OC[C@@H]1C=C[C@H](n2cc(C)c(=O)[nH]c2=O)O1)OCC(Cl)(Cl)Cl. The molecule has 2 rings (SSSR count). The second-order valence-corrected chi connectivity index (χ2v) is 10.8. The largest absolute Gasteiger partial charge is 0.468 e. The van der Waals surface area contributed by atoms with Gasteiger partial charge in [0, 0.05) is 11.8 Å². The van der Waals surface area contributed by atoms with E-state index < -0.39 is 53.7 Å². The summed E-state index contributed by atoms with van der Waals surface area (Å²) in [6.45, 7) is 2.04. The molecule has 0 spiro atoms. The molecule has 31 heavy (non-hydrogen) atoms. The van der Waals surface area contributed by atoms with Gasteiger partial charge in [-0.2, -0.15) is 0 Å². The maximum Gasteiger partial charge on any atom is 0.406 e. The number of rotatable bonds is 9. The number of hydrogen-bond acceptors (Lipinski definition) is 8. The van der Waals surface area contributed by atoms with E-state index in [9.17, 15) is 18.9 Å². The molecule has 0 aromatic carbocycles. The van der Waals surface area contributed by atoms with Crippen molar-refractivity contribution in [2.75, 3.05) is 20.3 Å². The monoisotopic (exact) mass is 519 g/mol. The molecule has 0 aliphatic carbocycles. The Morgan fingerprint density at radius 2 is 2.03 bits per heavy atom. The molecule has 0 radical (unpaired) electrons. The highest BCUT2D eigenvalue weighted by atomic mass is 35.6. The maximum atomic E-state index is 13.0. The first-order valence-corrected chi connectivity index (χ1v) is 11.5. The summed E-state index contributed by atoms with van der Waals surface area (Å²) >= 11 is 16.9. The number of methoxy groups -OCH3 is 1. The fourth-order valence-corrected chi connectivity index (χ4v) is 4.33. The normalized spacial score (nSPS) is 21.6. The smallest absolute Gasteiger partial charge is 0.406 e. The third-order valence-electron chi connectivity index (χ3n) is 3.94. The van der Waals surface area contributed by atoms with Gasteiger partial charge in [-0.1, -0.05) is 40.9 Å². The molecule has 174 valence electrons. The van der Waals surface area contributed by atoms with Crippen LogP contribution in [0.3, 0.4) is 0 Å². The Labute approximate surface area is 192 Å². The van der Waals surface area contributed by atoms with Crippen LogP contribution in [0.25, 0.3) is 0 Å². The van der Waals surface area contributed by atoms with Gasteiger partial charge in [-0.05, 0) is 19.9 Å². The van der Waals surface area contributed by atoms with Crippen molar-refractivity contribution in [3.05, 3.63) is 44.8 Å². The highest BCUT2D eigenvalue weighted by Crippen LogP contribution is 2.47. The zero-order chi connectivity index (χ0) is 23.4. The first-order chi connectivity index (χ1) is 14.3. The fraction of sp³-hybridized carbons (Fsp3) is 0.562. The van der Waals surface area contributed by atoms with Crippen LogP contribution < -0.4 is 16.3 Å². The number of aryl methyl sites for hydroxylation is 1. The molecule has 2 N–H and O–H groups in total. The van der Waals surface area contributed by atoms with E-state index in [1.54, 1.807) is 19.1 Å². The first-order valence-electron chi connectivity index (χ1n) is 8.81. The molecule has 0 bridgehead atoms. The summed E-state index contributed by atoms with van der Waals surface area (Å²) in [4.78, 5) is 37.3. The van der Waals surface area contributed by atoms with Crippen molar-refractivity contribution in [2.45, 2.75) is 36.0 Å². The van der Waals surface area contributed by atoms with Crippen LogP contribution in [0.4, 0.5) is 0 Å². The molecule has 0 fully saturated rings. The molecule has 1 aliphatic rings. The number of nitrogens with one attached hydrogen (secondary N) is 2. The van der Waals surface area contributed by atoms with Crippen molar-refractivity contribution in [3.8, 4) is 0 Å². The van der Waals surface area contributed by atoms with Crippen LogP contribution in [-0.4, -0.2) is 51.8 Å². The van der Waals surface area contributed by atoms with Crippen molar-refractivity contribution < 1.29 is 27.9 Å². The second kappa shape index (κ2) is 10.6. The lowest BCUT2D eigenvalue weighted by Gasteiger charge is -2.25. The lowest BCUT2D eigenvalue weighted by Crippen LogP contribution is -2.35. The van der Waals surface area contributed by atoms with Crippen molar-refractivity contribution in [2.24, 2.45) is 0 Å². The Hall–Kier alpha value is -1.17. The van der Waals surface area contributed by atoms with Gasteiger partial charge in [0.1, 0.15) is 18.8 Å². The number of aromatic amines is 1. The molecule has 15 heteroatoms. The number of ether oxygens (including phenoxy) is 2.